The molecule has 0 radical (unpaired) electrons. The van der Waals surface area contributed by atoms with Crippen molar-refractivity contribution >= 4 is 16.4 Å². The van der Waals surface area contributed by atoms with Crippen LogP contribution in [0.4, 0.5) is 0 Å². The Kier molecular flexibility index (Phi) is 2.83. The van der Waals surface area contributed by atoms with Gasteiger partial charge >= 0.3 is 0 Å². The van der Waals surface area contributed by atoms with Gasteiger partial charge in [0, 0.05) is 6.20 Å². The first-order chi connectivity index (χ1) is 5.22. The second-order valence-corrected chi connectivity index (χ2v) is 4.86. The fourth-order valence-corrected chi connectivity index (χ4v) is 1.68. The van der Waals surface area contributed by atoms with Gasteiger partial charge < -0.3 is 0 Å². The summed E-state index contributed by atoms with van der Waals surface area (Å²) in [7, 11) is 0.0538. The summed E-state index contributed by atoms with van der Waals surface area (Å²) in [4.78, 5) is 4.25. The molecule has 1 atom stereocenters. The maximum Gasteiger partial charge on any atom is 0.0902 e. The minimum absolute atomic E-state index is 0.0538. The Morgan fingerprint density at radius 1 is 1.45 bits per heavy atom. The van der Waals surface area contributed by atoms with Crippen LogP contribution < -0.4 is 0 Å². The molecule has 0 N–H and O–H groups in total. The van der Waals surface area contributed by atoms with E-state index in [1.165, 1.54) is 0 Å². The first kappa shape index (κ1) is 8.47. The molecule has 1 aromatic heterocycles. The molecule has 0 aromatic carbocycles. The molecular formula is C9H13NS. The molecule has 0 aliphatic carbocycles. The largest absolute Gasteiger partial charge is 0.250 e. The predicted octanol–water partition coefficient (Wildman–Crippen LogP) is 2.55. The maximum atomic E-state index is 4.25. The van der Waals surface area contributed by atoms with Crippen molar-refractivity contribution in [2.75, 3.05) is 0 Å². The molecule has 1 nitrogen and oxygen atoms in total. The van der Waals surface area contributed by atoms with Gasteiger partial charge in [0.05, 0.1) is 5.03 Å². The quantitative estimate of drug-likeness (QED) is 0.617. The van der Waals surface area contributed by atoms with Crippen LogP contribution in [-0.2, 0) is 0 Å². The van der Waals surface area contributed by atoms with Crippen molar-refractivity contribution in [3.8, 4) is 0 Å². The van der Waals surface area contributed by atoms with Gasteiger partial charge in [0.1, 0.15) is 0 Å². The topological polar surface area (TPSA) is 12.9 Å². The highest BCUT2D eigenvalue weighted by molar-refractivity contribution is 8.14. The molecule has 60 valence electrons. The second kappa shape index (κ2) is 3.67. The third-order valence-corrected chi connectivity index (χ3v) is 3.39. The molecule has 1 aromatic rings. The number of rotatable bonds is 2. The Morgan fingerprint density at radius 3 is 2.64 bits per heavy atom. The first-order valence-electron chi connectivity index (χ1n) is 3.65. The fraction of sp³-hybridized carbons (Fsp3) is 0.333. The monoisotopic (exact) mass is 167 g/mol. The summed E-state index contributed by atoms with van der Waals surface area (Å²) in [6, 6.07) is 5.98. The zero-order valence-electron chi connectivity index (χ0n) is 6.95. The van der Waals surface area contributed by atoms with Gasteiger partial charge in [-0.2, -0.15) is 0 Å². The molecule has 1 rings (SSSR count). The summed E-state index contributed by atoms with van der Waals surface area (Å²) >= 11 is 0. The summed E-state index contributed by atoms with van der Waals surface area (Å²) in [5.74, 6) is 4.07. The van der Waals surface area contributed by atoms with Gasteiger partial charge in [-0.25, -0.2) is 0 Å². The van der Waals surface area contributed by atoms with E-state index in [-0.39, 0.29) is 10.5 Å². The summed E-state index contributed by atoms with van der Waals surface area (Å²) in [6.07, 6.45) is 1.82. The Bertz CT molecular complexity index is 241. The number of hydrogen-bond donors (Lipinski definition) is 0. The van der Waals surface area contributed by atoms with E-state index >= 15 is 0 Å². The van der Waals surface area contributed by atoms with Crippen molar-refractivity contribution in [2.24, 2.45) is 0 Å². The summed E-state index contributed by atoms with van der Waals surface area (Å²) in [6.45, 7) is 4.34. The predicted molar refractivity (Wildman–Crippen MR) is 52.4 cm³/mol. The van der Waals surface area contributed by atoms with E-state index < -0.39 is 0 Å². The van der Waals surface area contributed by atoms with E-state index in [0.29, 0.717) is 5.25 Å². The standard InChI is InChI=1S/C9H13NS/c1-8(2)11(3)9-6-4-5-7-10-9/h4-8H,3H2,1-2H3. The third kappa shape index (κ3) is 2.15. The molecule has 0 saturated heterocycles. The van der Waals surface area contributed by atoms with Crippen LogP contribution in [0.1, 0.15) is 13.8 Å². The zero-order valence-corrected chi connectivity index (χ0v) is 7.77. The molecular weight excluding hydrogens is 154 g/mol. The molecule has 0 aliphatic rings. The van der Waals surface area contributed by atoms with Crippen molar-refractivity contribution in [1.82, 2.24) is 4.98 Å². The molecule has 1 heterocycles. The molecule has 2 heteroatoms. The van der Waals surface area contributed by atoms with Gasteiger partial charge in [-0.15, -0.1) is 10.5 Å². The summed E-state index contributed by atoms with van der Waals surface area (Å²) < 4.78 is 0. The molecule has 0 aliphatic heterocycles. The van der Waals surface area contributed by atoms with Crippen LogP contribution >= 0.6 is 10.5 Å². The molecule has 0 bridgehead atoms. The van der Waals surface area contributed by atoms with Gasteiger partial charge in [-0.05, 0) is 17.4 Å². The van der Waals surface area contributed by atoms with E-state index in [1.54, 1.807) is 0 Å². The average Bonchev–Trinajstić information content (AvgIpc) is 2.05. The number of aromatic nitrogens is 1. The van der Waals surface area contributed by atoms with Crippen molar-refractivity contribution in [3.05, 3.63) is 24.4 Å². The summed E-state index contributed by atoms with van der Waals surface area (Å²) in [5, 5.41) is 1.70. The Labute approximate surface area is 70.4 Å². The number of nitrogens with zero attached hydrogens (tertiary/aromatic N) is 1. The fourth-order valence-electron chi connectivity index (χ4n) is 0.744. The highest BCUT2D eigenvalue weighted by atomic mass is 32.2. The molecule has 0 amide bonds. The Hall–Kier alpha value is -0.630. The highest BCUT2D eigenvalue weighted by Crippen LogP contribution is 2.26. The van der Waals surface area contributed by atoms with Gasteiger partial charge in [0.25, 0.3) is 0 Å². The van der Waals surface area contributed by atoms with Gasteiger partial charge in [-0.1, -0.05) is 25.8 Å². The van der Waals surface area contributed by atoms with Crippen molar-refractivity contribution in [2.45, 2.75) is 24.1 Å². The van der Waals surface area contributed by atoms with E-state index in [1.807, 2.05) is 24.4 Å². The lowest BCUT2D eigenvalue weighted by Gasteiger charge is -2.08. The molecule has 1 unspecified atom stereocenters. The van der Waals surface area contributed by atoms with Crippen LogP contribution in [0.15, 0.2) is 29.4 Å². The Morgan fingerprint density at radius 2 is 2.18 bits per heavy atom. The van der Waals surface area contributed by atoms with Crippen molar-refractivity contribution < 1.29 is 0 Å². The number of hydrogen-bond acceptors (Lipinski definition) is 1. The Balaban J connectivity index is 2.86. The normalized spacial score (nSPS) is 13.4. The maximum absolute atomic E-state index is 4.25. The molecule has 0 fully saturated rings. The lowest BCUT2D eigenvalue weighted by molar-refractivity contribution is 1.07. The first-order valence-corrected chi connectivity index (χ1v) is 5.11. The van der Waals surface area contributed by atoms with Crippen LogP contribution in [0.3, 0.4) is 0 Å². The molecule has 11 heavy (non-hydrogen) atoms. The van der Waals surface area contributed by atoms with E-state index in [9.17, 15) is 0 Å². The van der Waals surface area contributed by atoms with Crippen molar-refractivity contribution in [1.29, 1.82) is 0 Å². The average molecular weight is 167 g/mol. The molecule has 0 saturated carbocycles. The highest BCUT2D eigenvalue weighted by Gasteiger charge is 2.00. The minimum Gasteiger partial charge on any atom is -0.250 e. The lowest BCUT2D eigenvalue weighted by Crippen LogP contribution is -1.91. The minimum atomic E-state index is 0.0538. The van der Waals surface area contributed by atoms with Crippen molar-refractivity contribution in [3.63, 3.8) is 0 Å². The van der Waals surface area contributed by atoms with Crippen LogP contribution in [0, 0.1) is 0 Å². The van der Waals surface area contributed by atoms with Gasteiger partial charge in [0.15, 0.2) is 0 Å². The van der Waals surface area contributed by atoms with E-state index in [2.05, 4.69) is 24.7 Å². The smallest absolute Gasteiger partial charge is 0.0902 e. The van der Waals surface area contributed by atoms with E-state index in [4.69, 9.17) is 0 Å². The van der Waals surface area contributed by atoms with Crippen LogP contribution in [0.5, 0.6) is 0 Å². The lowest BCUT2D eigenvalue weighted by atomic mass is 10.5. The van der Waals surface area contributed by atoms with Gasteiger partial charge in [-0.3, -0.25) is 4.98 Å². The summed E-state index contributed by atoms with van der Waals surface area (Å²) in [5.41, 5.74) is 0. The van der Waals surface area contributed by atoms with Crippen LogP contribution in [0.25, 0.3) is 0 Å². The van der Waals surface area contributed by atoms with Crippen LogP contribution in [-0.4, -0.2) is 16.1 Å². The van der Waals surface area contributed by atoms with Gasteiger partial charge in [0.2, 0.25) is 0 Å². The van der Waals surface area contributed by atoms with E-state index in [0.717, 1.165) is 5.03 Å². The zero-order chi connectivity index (χ0) is 8.27. The third-order valence-electron chi connectivity index (χ3n) is 1.48. The molecule has 0 spiro atoms. The van der Waals surface area contributed by atoms with Crippen LogP contribution in [0.2, 0.25) is 0 Å². The SMILES string of the molecule is C=S(c1ccccn1)C(C)C. The number of pyridine rings is 1. The second-order valence-electron chi connectivity index (χ2n) is 2.65.